The third kappa shape index (κ3) is 1.60. The molecule has 2 fully saturated rings. The van der Waals surface area contributed by atoms with Gasteiger partial charge < -0.3 is 5.11 Å². The van der Waals surface area contributed by atoms with E-state index in [1.165, 1.54) is 6.42 Å². The molecule has 0 aromatic heterocycles. The van der Waals surface area contributed by atoms with Crippen molar-refractivity contribution in [1.82, 2.24) is 0 Å². The molecular formula is C18H22O. The van der Waals surface area contributed by atoms with Gasteiger partial charge >= 0.3 is 0 Å². The molecule has 0 saturated heterocycles. The second-order valence-corrected chi connectivity index (χ2v) is 6.97. The summed E-state index contributed by atoms with van der Waals surface area (Å²) in [5.41, 5.74) is 0.273. The molecule has 3 unspecified atom stereocenters. The van der Waals surface area contributed by atoms with Crippen molar-refractivity contribution in [2.24, 2.45) is 16.7 Å². The Kier molecular flexibility index (Phi) is 2.60. The van der Waals surface area contributed by atoms with Gasteiger partial charge in [-0.15, -0.1) is 0 Å². The van der Waals surface area contributed by atoms with Gasteiger partial charge in [-0.1, -0.05) is 50.8 Å². The molecule has 0 amide bonds. The maximum Gasteiger partial charge on any atom is 0.131 e. The Labute approximate surface area is 116 Å². The van der Waals surface area contributed by atoms with E-state index in [4.69, 9.17) is 0 Å². The van der Waals surface area contributed by atoms with Gasteiger partial charge in [-0.2, -0.15) is 0 Å². The smallest absolute Gasteiger partial charge is 0.131 e. The van der Waals surface area contributed by atoms with E-state index in [2.05, 4.69) is 32.6 Å². The number of rotatable bonds is 0. The van der Waals surface area contributed by atoms with Crippen molar-refractivity contribution in [3.05, 3.63) is 35.9 Å². The number of hydrogen-bond acceptors (Lipinski definition) is 1. The number of hydrogen-bond donors (Lipinski definition) is 1. The largest absolute Gasteiger partial charge is 0.377 e. The SMILES string of the molecule is CC1(C)C2CCC1(C)C(O)(C#Cc1ccccc1)C2. The van der Waals surface area contributed by atoms with Gasteiger partial charge in [0.1, 0.15) is 5.60 Å². The monoisotopic (exact) mass is 254 g/mol. The first-order valence-corrected chi connectivity index (χ1v) is 7.20. The molecule has 0 aliphatic heterocycles. The van der Waals surface area contributed by atoms with E-state index in [9.17, 15) is 5.11 Å². The van der Waals surface area contributed by atoms with Gasteiger partial charge in [-0.3, -0.25) is 0 Å². The maximum atomic E-state index is 11.1. The molecule has 2 aliphatic carbocycles. The lowest BCUT2D eigenvalue weighted by atomic mass is 9.64. The highest BCUT2D eigenvalue weighted by atomic mass is 16.3. The van der Waals surface area contributed by atoms with Gasteiger partial charge in [0, 0.05) is 11.0 Å². The van der Waals surface area contributed by atoms with Gasteiger partial charge in [-0.25, -0.2) is 0 Å². The minimum Gasteiger partial charge on any atom is -0.377 e. The maximum absolute atomic E-state index is 11.1. The average molecular weight is 254 g/mol. The lowest BCUT2D eigenvalue weighted by molar-refractivity contribution is -0.0432. The summed E-state index contributed by atoms with van der Waals surface area (Å²) in [5, 5.41) is 11.1. The molecule has 3 atom stereocenters. The lowest BCUT2D eigenvalue weighted by Gasteiger charge is -2.42. The zero-order chi connectivity index (χ0) is 13.7. The highest BCUT2D eigenvalue weighted by Crippen LogP contribution is 2.69. The average Bonchev–Trinajstić information content (AvgIpc) is 2.70. The first-order valence-electron chi connectivity index (χ1n) is 7.20. The standard InChI is InChI=1S/C18H22O/c1-16(2)15-10-11-17(16,3)18(19,13-15)12-9-14-7-5-4-6-8-14/h4-8,15,19H,10-11,13H2,1-3H3. The molecule has 1 heteroatoms. The number of fused-ring (bicyclic) bond motifs is 2. The van der Waals surface area contributed by atoms with E-state index in [1.807, 2.05) is 30.3 Å². The van der Waals surface area contributed by atoms with Crippen molar-refractivity contribution in [1.29, 1.82) is 0 Å². The van der Waals surface area contributed by atoms with Crippen molar-refractivity contribution < 1.29 is 5.11 Å². The second kappa shape index (κ2) is 3.87. The second-order valence-electron chi connectivity index (χ2n) is 6.97. The Morgan fingerprint density at radius 1 is 1.16 bits per heavy atom. The molecule has 0 spiro atoms. The molecule has 1 aromatic carbocycles. The molecule has 2 saturated carbocycles. The highest BCUT2D eigenvalue weighted by molar-refractivity contribution is 5.39. The molecule has 1 nitrogen and oxygen atoms in total. The van der Waals surface area contributed by atoms with Crippen molar-refractivity contribution in [2.45, 2.75) is 45.6 Å². The first kappa shape index (κ1) is 12.8. The predicted molar refractivity (Wildman–Crippen MR) is 77.5 cm³/mol. The summed E-state index contributed by atoms with van der Waals surface area (Å²) < 4.78 is 0. The van der Waals surface area contributed by atoms with Crippen LogP contribution in [0.15, 0.2) is 30.3 Å². The van der Waals surface area contributed by atoms with Crippen molar-refractivity contribution in [2.75, 3.05) is 0 Å². The Morgan fingerprint density at radius 3 is 2.37 bits per heavy atom. The quantitative estimate of drug-likeness (QED) is 0.701. The first-order chi connectivity index (χ1) is 8.89. The van der Waals surface area contributed by atoms with Crippen LogP contribution in [0.25, 0.3) is 0 Å². The van der Waals surface area contributed by atoms with E-state index < -0.39 is 5.60 Å². The van der Waals surface area contributed by atoms with E-state index in [1.54, 1.807) is 0 Å². The van der Waals surface area contributed by atoms with E-state index >= 15 is 0 Å². The van der Waals surface area contributed by atoms with Crippen LogP contribution in [0, 0.1) is 28.6 Å². The molecule has 0 radical (unpaired) electrons. The van der Waals surface area contributed by atoms with E-state index in [0.717, 1.165) is 18.4 Å². The summed E-state index contributed by atoms with van der Waals surface area (Å²) in [6.45, 7) is 6.82. The van der Waals surface area contributed by atoms with Crippen LogP contribution in [0.4, 0.5) is 0 Å². The van der Waals surface area contributed by atoms with E-state index in [0.29, 0.717) is 5.92 Å². The van der Waals surface area contributed by atoms with Gasteiger partial charge in [-0.05, 0) is 42.7 Å². The van der Waals surface area contributed by atoms with Crippen LogP contribution < -0.4 is 0 Å². The van der Waals surface area contributed by atoms with Crippen LogP contribution in [0.5, 0.6) is 0 Å². The normalized spacial score (nSPS) is 38.8. The fraction of sp³-hybridized carbons (Fsp3) is 0.556. The summed E-state index contributed by atoms with van der Waals surface area (Å²) in [4.78, 5) is 0. The topological polar surface area (TPSA) is 20.2 Å². The third-order valence-corrected chi connectivity index (χ3v) is 6.08. The lowest BCUT2D eigenvalue weighted by Crippen LogP contribution is -2.46. The van der Waals surface area contributed by atoms with Crippen molar-refractivity contribution in [3.63, 3.8) is 0 Å². The van der Waals surface area contributed by atoms with Gasteiger partial charge in [0.15, 0.2) is 0 Å². The molecule has 2 aliphatic rings. The zero-order valence-corrected chi connectivity index (χ0v) is 12.0. The van der Waals surface area contributed by atoms with Gasteiger partial charge in [0.25, 0.3) is 0 Å². The van der Waals surface area contributed by atoms with Crippen LogP contribution in [0.1, 0.15) is 45.6 Å². The molecule has 1 N–H and O–H groups in total. The molecule has 100 valence electrons. The Hall–Kier alpha value is -1.26. The summed E-state index contributed by atoms with van der Waals surface area (Å²) in [6.07, 6.45) is 3.15. The number of benzene rings is 1. The van der Waals surface area contributed by atoms with Crippen LogP contribution in [-0.2, 0) is 0 Å². The summed E-state index contributed by atoms with van der Waals surface area (Å²) in [5.74, 6) is 6.99. The number of aliphatic hydroxyl groups is 1. The molecule has 3 rings (SSSR count). The minimum atomic E-state index is -0.824. The Balaban J connectivity index is 1.97. The minimum absolute atomic E-state index is 0.0769. The fourth-order valence-corrected chi connectivity index (χ4v) is 4.16. The Morgan fingerprint density at radius 2 is 1.84 bits per heavy atom. The summed E-state index contributed by atoms with van der Waals surface area (Å²) in [7, 11) is 0. The molecule has 19 heavy (non-hydrogen) atoms. The van der Waals surface area contributed by atoms with E-state index in [-0.39, 0.29) is 10.8 Å². The van der Waals surface area contributed by atoms with Crippen LogP contribution in [-0.4, -0.2) is 10.7 Å². The van der Waals surface area contributed by atoms with Gasteiger partial charge in [0.05, 0.1) is 0 Å². The highest BCUT2D eigenvalue weighted by Gasteiger charge is 2.68. The fourth-order valence-electron chi connectivity index (χ4n) is 4.16. The summed E-state index contributed by atoms with van der Waals surface area (Å²) in [6, 6.07) is 9.96. The molecule has 2 bridgehead atoms. The predicted octanol–water partition coefficient (Wildman–Crippen LogP) is 3.62. The third-order valence-electron chi connectivity index (χ3n) is 6.08. The van der Waals surface area contributed by atoms with Gasteiger partial charge in [0.2, 0.25) is 0 Å². The molecule has 1 aromatic rings. The Bertz CT molecular complexity index is 548. The molecule has 0 heterocycles. The molecular weight excluding hydrogens is 232 g/mol. The van der Waals surface area contributed by atoms with Crippen LogP contribution >= 0.6 is 0 Å². The van der Waals surface area contributed by atoms with Crippen molar-refractivity contribution in [3.8, 4) is 11.8 Å². The zero-order valence-electron chi connectivity index (χ0n) is 12.0. The van der Waals surface area contributed by atoms with Crippen molar-refractivity contribution >= 4 is 0 Å². The summed E-state index contributed by atoms with van der Waals surface area (Å²) >= 11 is 0. The van der Waals surface area contributed by atoms with Crippen LogP contribution in [0.3, 0.4) is 0 Å². The van der Waals surface area contributed by atoms with Crippen LogP contribution in [0.2, 0.25) is 0 Å².